The second kappa shape index (κ2) is 6.16. The van der Waals surface area contributed by atoms with E-state index in [0.29, 0.717) is 18.7 Å². The van der Waals surface area contributed by atoms with Gasteiger partial charge in [0.2, 0.25) is 0 Å². The van der Waals surface area contributed by atoms with E-state index in [0.717, 1.165) is 18.6 Å². The molecule has 0 spiro atoms. The van der Waals surface area contributed by atoms with E-state index < -0.39 is 11.6 Å². The predicted molar refractivity (Wildman–Crippen MR) is 77.2 cm³/mol. The van der Waals surface area contributed by atoms with Gasteiger partial charge in [0, 0.05) is 18.3 Å². The summed E-state index contributed by atoms with van der Waals surface area (Å²) < 4.78 is 29.3. The largest absolute Gasteiger partial charge is 0.298 e. The number of benzene rings is 1. The van der Waals surface area contributed by atoms with Crippen LogP contribution in [0, 0.1) is 24.5 Å². The molecule has 2 rings (SSSR count). The fourth-order valence-electron chi connectivity index (χ4n) is 2.07. The maximum atomic E-state index is 14.0. The number of rotatable bonds is 5. The van der Waals surface area contributed by atoms with Crippen molar-refractivity contribution in [3.05, 3.63) is 41.1 Å². The number of nitrogens with zero attached hydrogens (tertiary/aromatic N) is 2. The van der Waals surface area contributed by atoms with Crippen molar-refractivity contribution in [1.29, 1.82) is 0 Å². The molecule has 5 heteroatoms. The van der Waals surface area contributed by atoms with Gasteiger partial charge in [0.05, 0.1) is 5.56 Å². The average Bonchev–Trinajstić information content (AvgIpc) is 2.83. The molecule has 3 nitrogen and oxygen atoms in total. The fraction of sp³-hybridized carbons (Fsp3) is 0.375. The Labute approximate surface area is 122 Å². The van der Waals surface area contributed by atoms with Crippen LogP contribution in [-0.2, 0) is 6.54 Å². The first kappa shape index (κ1) is 15.4. The van der Waals surface area contributed by atoms with E-state index in [1.54, 1.807) is 10.9 Å². The molecule has 0 N–H and O–H groups in total. The van der Waals surface area contributed by atoms with Crippen LogP contribution in [0.2, 0.25) is 0 Å². The highest BCUT2D eigenvalue weighted by Gasteiger charge is 2.16. The van der Waals surface area contributed by atoms with E-state index in [1.807, 2.05) is 0 Å². The monoisotopic (exact) mass is 292 g/mol. The average molecular weight is 292 g/mol. The lowest BCUT2D eigenvalue weighted by Crippen LogP contribution is -2.02. The molecule has 0 aliphatic heterocycles. The van der Waals surface area contributed by atoms with Crippen molar-refractivity contribution in [3.63, 3.8) is 0 Å². The lowest BCUT2D eigenvalue weighted by atomic mass is 10.1. The number of aromatic nitrogens is 2. The third-order valence-corrected chi connectivity index (χ3v) is 3.36. The van der Waals surface area contributed by atoms with Crippen LogP contribution < -0.4 is 0 Å². The molecule has 0 radical (unpaired) electrons. The predicted octanol–water partition coefficient (Wildman–Crippen LogP) is 4.00. The zero-order chi connectivity index (χ0) is 15.6. The first-order valence-corrected chi connectivity index (χ1v) is 6.91. The zero-order valence-electron chi connectivity index (χ0n) is 12.4. The third kappa shape index (κ3) is 3.35. The van der Waals surface area contributed by atoms with Crippen LogP contribution in [0.1, 0.15) is 36.2 Å². The highest BCUT2D eigenvalue weighted by Crippen LogP contribution is 2.26. The third-order valence-electron chi connectivity index (χ3n) is 3.36. The lowest BCUT2D eigenvalue weighted by molar-refractivity contribution is 0.112. The van der Waals surface area contributed by atoms with Gasteiger partial charge in [0.15, 0.2) is 6.29 Å². The van der Waals surface area contributed by atoms with Gasteiger partial charge in [-0.1, -0.05) is 13.8 Å². The van der Waals surface area contributed by atoms with E-state index in [4.69, 9.17) is 0 Å². The molecule has 0 saturated carbocycles. The number of halogens is 2. The molecular formula is C16H18F2N2O. The molecule has 0 unspecified atom stereocenters. The summed E-state index contributed by atoms with van der Waals surface area (Å²) in [6.45, 7) is 6.29. The first-order chi connectivity index (χ1) is 9.92. The normalized spacial score (nSPS) is 11.1. The quantitative estimate of drug-likeness (QED) is 0.781. The Kier molecular flexibility index (Phi) is 4.50. The summed E-state index contributed by atoms with van der Waals surface area (Å²) in [5.74, 6) is -0.600. The minimum atomic E-state index is -0.578. The van der Waals surface area contributed by atoms with Crippen LogP contribution >= 0.6 is 0 Å². The number of carbonyl (C=O) groups is 1. The van der Waals surface area contributed by atoms with Gasteiger partial charge in [-0.05, 0) is 37.0 Å². The first-order valence-electron chi connectivity index (χ1n) is 6.91. The number of aldehydes is 1. The second-order valence-electron chi connectivity index (χ2n) is 5.58. The minimum Gasteiger partial charge on any atom is -0.298 e. The van der Waals surface area contributed by atoms with Gasteiger partial charge in [-0.15, -0.1) is 0 Å². The number of hydrogen-bond donors (Lipinski definition) is 0. The van der Waals surface area contributed by atoms with Crippen molar-refractivity contribution in [2.75, 3.05) is 0 Å². The van der Waals surface area contributed by atoms with Gasteiger partial charge in [-0.2, -0.15) is 5.10 Å². The lowest BCUT2D eigenvalue weighted by Gasteiger charge is -2.05. The molecule has 0 aliphatic rings. The molecule has 1 aromatic carbocycles. The van der Waals surface area contributed by atoms with Crippen molar-refractivity contribution in [3.8, 4) is 11.3 Å². The summed E-state index contributed by atoms with van der Waals surface area (Å²) in [7, 11) is 0. The van der Waals surface area contributed by atoms with Crippen LogP contribution in [0.5, 0.6) is 0 Å². The van der Waals surface area contributed by atoms with Gasteiger partial charge in [-0.3, -0.25) is 9.48 Å². The highest BCUT2D eigenvalue weighted by molar-refractivity contribution is 5.85. The maximum absolute atomic E-state index is 14.0. The molecule has 2 aromatic rings. The molecule has 0 aliphatic carbocycles. The molecule has 0 saturated heterocycles. The molecule has 0 atom stereocenters. The fourth-order valence-corrected chi connectivity index (χ4v) is 2.07. The van der Waals surface area contributed by atoms with Crippen molar-refractivity contribution in [2.45, 2.75) is 33.7 Å². The van der Waals surface area contributed by atoms with Crippen LogP contribution in [0.3, 0.4) is 0 Å². The Morgan fingerprint density at radius 2 is 2.00 bits per heavy atom. The van der Waals surface area contributed by atoms with Crippen LogP contribution in [0.4, 0.5) is 8.78 Å². The summed E-state index contributed by atoms with van der Waals surface area (Å²) in [4.78, 5) is 11.1. The Hall–Kier alpha value is -2.04. The molecule has 0 amide bonds. The zero-order valence-corrected chi connectivity index (χ0v) is 12.4. The van der Waals surface area contributed by atoms with Crippen molar-refractivity contribution < 1.29 is 13.6 Å². The highest BCUT2D eigenvalue weighted by atomic mass is 19.1. The summed E-state index contributed by atoms with van der Waals surface area (Å²) in [5.41, 5.74) is 0.692. The summed E-state index contributed by atoms with van der Waals surface area (Å²) in [6, 6.07) is 2.21. The van der Waals surface area contributed by atoms with E-state index in [-0.39, 0.29) is 22.4 Å². The van der Waals surface area contributed by atoms with E-state index in [1.165, 1.54) is 6.92 Å². The van der Waals surface area contributed by atoms with Gasteiger partial charge in [0.25, 0.3) is 0 Å². The second-order valence-corrected chi connectivity index (χ2v) is 5.58. The van der Waals surface area contributed by atoms with Gasteiger partial charge in [0.1, 0.15) is 17.3 Å². The van der Waals surface area contributed by atoms with Crippen molar-refractivity contribution in [2.24, 2.45) is 5.92 Å². The number of aryl methyl sites for hydroxylation is 2. The van der Waals surface area contributed by atoms with E-state index in [9.17, 15) is 13.6 Å². The summed E-state index contributed by atoms with van der Waals surface area (Å²) in [5, 5.41) is 4.23. The SMILES string of the molecule is Cc1cc(F)c(-c2nn(CCC(C)C)cc2C=O)cc1F. The van der Waals surface area contributed by atoms with Crippen LogP contribution in [0.15, 0.2) is 18.3 Å². The van der Waals surface area contributed by atoms with Gasteiger partial charge < -0.3 is 0 Å². The van der Waals surface area contributed by atoms with Gasteiger partial charge >= 0.3 is 0 Å². The molecular weight excluding hydrogens is 274 g/mol. The molecule has 1 heterocycles. The Morgan fingerprint density at radius 3 is 2.62 bits per heavy atom. The molecule has 1 aromatic heterocycles. The summed E-state index contributed by atoms with van der Waals surface area (Å²) in [6.07, 6.45) is 3.08. The Morgan fingerprint density at radius 1 is 1.29 bits per heavy atom. The minimum absolute atomic E-state index is 0.0171. The topological polar surface area (TPSA) is 34.9 Å². The number of hydrogen-bond acceptors (Lipinski definition) is 2. The molecule has 0 fully saturated rings. The standard InChI is InChI=1S/C16H18F2N2O/c1-10(2)4-5-20-8-12(9-21)16(19-20)13-7-14(17)11(3)6-15(13)18/h6-10H,4-5H2,1-3H3. The van der Waals surface area contributed by atoms with E-state index >= 15 is 0 Å². The maximum Gasteiger partial charge on any atom is 0.153 e. The Bertz CT molecular complexity index is 663. The van der Waals surface area contributed by atoms with Crippen molar-refractivity contribution >= 4 is 6.29 Å². The Balaban J connectivity index is 2.43. The van der Waals surface area contributed by atoms with Crippen LogP contribution in [-0.4, -0.2) is 16.1 Å². The van der Waals surface area contributed by atoms with Crippen LogP contribution in [0.25, 0.3) is 11.3 Å². The molecule has 112 valence electrons. The smallest absolute Gasteiger partial charge is 0.153 e. The molecule has 0 bridgehead atoms. The summed E-state index contributed by atoms with van der Waals surface area (Å²) >= 11 is 0. The molecule has 21 heavy (non-hydrogen) atoms. The number of carbonyl (C=O) groups excluding carboxylic acids is 1. The van der Waals surface area contributed by atoms with Gasteiger partial charge in [-0.25, -0.2) is 8.78 Å². The van der Waals surface area contributed by atoms with E-state index in [2.05, 4.69) is 18.9 Å². The van der Waals surface area contributed by atoms with Crippen molar-refractivity contribution in [1.82, 2.24) is 9.78 Å².